The van der Waals surface area contributed by atoms with Crippen molar-refractivity contribution in [2.75, 3.05) is 5.43 Å². The van der Waals surface area contributed by atoms with Crippen LogP contribution in [0.3, 0.4) is 0 Å². The topological polar surface area (TPSA) is 61.7 Å². The van der Waals surface area contributed by atoms with Crippen molar-refractivity contribution in [3.8, 4) is 0 Å². The second-order valence-electron chi connectivity index (χ2n) is 3.43. The first-order valence-corrected chi connectivity index (χ1v) is 6.33. The summed E-state index contributed by atoms with van der Waals surface area (Å²) in [7, 11) is 0. The van der Waals surface area contributed by atoms with Crippen molar-refractivity contribution in [3.05, 3.63) is 51.2 Å². The van der Waals surface area contributed by atoms with Gasteiger partial charge in [-0.05, 0) is 35.0 Å². The number of nitrogens with zero attached hydrogens (tertiary/aromatic N) is 1. The van der Waals surface area contributed by atoms with E-state index in [0.717, 1.165) is 5.56 Å². The average Bonchev–Trinajstić information content (AvgIpc) is 2.84. The van der Waals surface area contributed by atoms with Gasteiger partial charge in [0.15, 0.2) is 0 Å². The van der Waals surface area contributed by atoms with Crippen molar-refractivity contribution in [2.45, 2.75) is 0 Å². The van der Waals surface area contributed by atoms with E-state index in [1.807, 2.05) is 16.8 Å². The third-order valence-corrected chi connectivity index (χ3v) is 3.18. The third-order valence-electron chi connectivity index (χ3n) is 2.15. The minimum atomic E-state index is -1.06. The van der Waals surface area contributed by atoms with Gasteiger partial charge < -0.3 is 5.11 Å². The predicted octanol–water partition coefficient (Wildman–Crippen LogP) is 3.55. The molecular formula is C12H9ClN2O2S. The molecule has 2 aromatic rings. The van der Waals surface area contributed by atoms with E-state index < -0.39 is 5.97 Å². The van der Waals surface area contributed by atoms with Gasteiger partial charge in [-0.25, -0.2) is 4.79 Å². The summed E-state index contributed by atoms with van der Waals surface area (Å²) < 4.78 is 0. The van der Waals surface area contributed by atoms with Gasteiger partial charge in [0.1, 0.15) is 0 Å². The fourth-order valence-electron chi connectivity index (χ4n) is 1.29. The fraction of sp³-hybridized carbons (Fsp3) is 0. The minimum absolute atomic E-state index is 0.0485. The number of halogens is 1. The molecule has 0 saturated heterocycles. The summed E-state index contributed by atoms with van der Waals surface area (Å²) in [6.07, 6.45) is 1.66. The summed E-state index contributed by atoms with van der Waals surface area (Å²) in [5.41, 5.74) is 4.36. The van der Waals surface area contributed by atoms with Gasteiger partial charge in [-0.2, -0.15) is 16.4 Å². The monoisotopic (exact) mass is 280 g/mol. The third kappa shape index (κ3) is 3.09. The molecule has 18 heavy (non-hydrogen) atoms. The highest BCUT2D eigenvalue weighted by Crippen LogP contribution is 2.20. The largest absolute Gasteiger partial charge is 0.478 e. The van der Waals surface area contributed by atoms with Crippen LogP contribution in [-0.2, 0) is 0 Å². The Morgan fingerprint density at radius 2 is 2.28 bits per heavy atom. The SMILES string of the molecule is O=C(O)c1cc(N/N=C/c2ccsc2)ccc1Cl. The van der Waals surface area contributed by atoms with Gasteiger partial charge in [0.25, 0.3) is 0 Å². The molecule has 2 N–H and O–H groups in total. The van der Waals surface area contributed by atoms with E-state index in [0.29, 0.717) is 5.69 Å². The Morgan fingerprint density at radius 1 is 1.44 bits per heavy atom. The maximum absolute atomic E-state index is 10.9. The molecule has 0 aliphatic heterocycles. The average molecular weight is 281 g/mol. The van der Waals surface area contributed by atoms with Crippen molar-refractivity contribution in [3.63, 3.8) is 0 Å². The van der Waals surface area contributed by atoms with Crippen LogP contribution in [0.4, 0.5) is 5.69 Å². The molecule has 0 radical (unpaired) electrons. The predicted molar refractivity (Wildman–Crippen MR) is 73.9 cm³/mol. The van der Waals surface area contributed by atoms with Crippen LogP contribution in [0.1, 0.15) is 15.9 Å². The van der Waals surface area contributed by atoms with Gasteiger partial charge in [0.2, 0.25) is 0 Å². The first kappa shape index (κ1) is 12.6. The molecule has 0 amide bonds. The summed E-state index contributed by atoms with van der Waals surface area (Å²) in [6, 6.07) is 6.56. The van der Waals surface area contributed by atoms with Gasteiger partial charge >= 0.3 is 5.97 Å². The van der Waals surface area contributed by atoms with Crippen LogP contribution in [0.25, 0.3) is 0 Å². The zero-order chi connectivity index (χ0) is 13.0. The second-order valence-corrected chi connectivity index (χ2v) is 4.61. The summed E-state index contributed by atoms with van der Waals surface area (Å²) in [6.45, 7) is 0. The zero-order valence-electron chi connectivity index (χ0n) is 9.13. The van der Waals surface area contributed by atoms with Gasteiger partial charge in [-0.3, -0.25) is 5.43 Å². The number of hydrogen-bond acceptors (Lipinski definition) is 4. The number of carbonyl (C=O) groups is 1. The molecule has 0 saturated carbocycles. The molecule has 2 rings (SSSR count). The molecular weight excluding hydrogens is 272 g/mol. The number of hydrogen-bond donors (Lipinski definition) is 2. The highest BCUT2D eigenvalue weighted by Gasteiger charge is 2.08. The van der Waals surface area contributed by atoms with E-state index in [9.17, 15) is 4.79 Å². The Morgan fingerprint density at radius 3 is 2.94 bits per heavy atom. The van der Waals surface area contributed by atoms with Crippen LogP contribution in [-0.4, -0.2) is 17.3 Å². The molecule has 0 fully saturated rings. The summed E-state index contributed by atoms with van der Waals surface area (Å²) in [5, 5.41) is 17.0. The number of anilines is 1. The molecule has 6 heteroatoms. The van der Waals surface area contributed by atoms with E-state index in [4.69, 9.17) is 16.7 Å². The summed E-state index contributed by atoms with van der Waals surface area (Å²) in [4.78, 5) is 10.9. The van der Waals surface area contributed by atoms with E-state index in [1.165, 1.54) is 12.1 Å². The van der Waals surface area contributed by atoms with Gasteiger partial charge in [0, 0.05) is 5.56 Å². The summed E-state index contributed by atoms with van der Waals surface area (Å²) in [5.74, 6) is -1.06. The molecule has 1 heterocycles. The number of aromatic carboxylic acids is 1. The first-order valence-electron chi connectivity index (χ1n) is 5.01. The van der Waals surface area contributed by atoms with Crippen molar-refractivity contribution in [1.29, 1.82) is 0 Å². The molecule has 0 aliphatic rings. The normalized spacial score (nSPS) is 10.7. The van der Waals surface area contributed by atoms with Crippen LogP contribution < -0.4 is 5.43 Å². The van der Waals surface area contributed by atoms with Crippen LogP contribution in [0, 0.1) is 0 Å². The quantitative estimate of drug-likeness (QED) is 0.665. The molecule has 1 aromatic carbocycles. The molecule has 0 bridgehead atoms. The Kier molecular flexibility index (Phi) is 3.96. The maximum Gasteiger partial charge on any atom is 0.337 e. The Labute approximate surface area is 113 Å². The highest BCUT2D eigenvalue weighted by atomic mass is 35.5. The van der Waals surface area contributed by atoms with E-state index in [1.54, 1.807) is 23.6 Å². The molecule has 0 unspecified atom stereocenters. The standard InChI is InChI=1S/C12H9ClN2O2S/c13-11-2-1-9(5-10(11)12(16)17)15-14-6-8-3-4-18-7-8/h1-7,15H,(H,16,17)/b14-6+. The van der Waals surface area contributed by atoms with E-state index >= 15 is 0 Å². The molecule has 0 spiro atoms. The van der Waals surface area contributed by atoms with Crippen LogP contribution >= 0.6 is 22.9 Å². The van der Waals surface area contributed by atoms with Gasteiger partial charge in [-0.1, -0.05) is 11.6 Å². The lowest BCUT2D eigenvalue weighted by molar-refractivity contribution is 0.0697. The second kappa shape index (κ2) is 5.66. The molecule has 92 valence electrons. The smallest absolute Gasteiger partial charge is 0.337 e. The highest BCUT2D eigenvalue weighted by molar-refractivity contribution is 7.08. The zero-order valence-corrected chi connectivity index (χ0v) is 10.7. The van der Waals surface area contributed by atoms with Gasteiger partial charge in [-0.15, -0.1) is 0 Å². The number of nitrogens with one attached hydrogen (secondary N) is 1. The molecule has 0 atom stereocenters. The lowest BCUT2D eigenvalue weighted by Crippen LogP contribution is -1.99. The van der Waals surface area contributed by atoms with Crippen molar-refractivity contribution >= 4 is 40.8 Å². The Balaban J connectivity index is 2.10. The van der Waals surface area contributed by atoms with E-state index in [-0.39, 0.29) is 10.6 Å². The fourth-order valence-corrected chi connectivity index (χ4v) is 2.10. The Hall–Kier alpha value is -1.85. The molecule has 0 aliphatic carbocycles. The number of thiophene rings is 1. The number of rotatable bonds is 4. The number of carboxylic acid groups (broad SMARTS) is 1. The number of hydrazone groups is 1. The first-order chi connectivity index (χ1) is 8.66. The van der Waals surface area contributed by atoms with Crippen LogP contribution in [0.5, 0.6) is 0 Å². The Bertz CT molecular complexity index is 582. The lowest BCUT2D eigenvalue weighted by Gasteiger charge is -2.03. The van der Waals surface area contributed by atoms with Crippen LogP contribution in [0.15, 0.2) is 40.1 Å². The minimum Gasteiger partial charge on any atom is -0.478 e. The number of benzene rings is 1. The van der Waals surface area contributed by atoms with Crippen molar-refractivity contribution < 1.29 is 9.90 Å². The van der Waals surface area contributed by atoms with Crippen molar-refractivity contribution in [1.82, 2.24) is 0 Å². The summed E-state index contributed by atoms with van der Waals surface area (Å²) >= 11 is 7.34. The lowest BCUT2D eigenvalue weighted by atomic mass is 10.2. The molecule has 1 aromatic heterocycles. The van der Waals surface area contributed by atoms with Crippen molar-refractivity contribution in [2.24, 2.45) is 5.10 Å². The van der Waals surface area contributed by atoms with Crippen LogP contribution in [0.2, 0.25) is 5.02 Å². The number of carboxylic acids is 1. The van der Waals surface area contributed by atoms with Gasteiger partial charge in [0.05, 0.1) is 22.5 Å². The maximum atomic E-state index is 10.9. The van der Waals surface area contributed by atoms with E-state index in [2.05, 4.69) is 10.5 Å². The molecule has 4 nitrogen and oxygen atoms in total.